The van der Waals surface area contributed by atoms with Crippen molar-refractivity contribution in [2.75, 3.05) is 11.5 Å². The molecule has 21 heavy (non-hydrogen) atoms. The fourth-order valence-corrected chi connectivity index (χ4v) is 3.76. The standard InChI is InChI=1S/C18H28O2S/c1-16(17-11-7-5-8-12-17)15-21(19,20)14-10-6-9-13-18(2,3)4/h5-9,11-12,16H,10,13-15H2,1-4H3/b9-6-/t16-/m0/s1. The van der Waals surface area contributed by atoms with Crippen molar-refractivity contribution >= 4 is 9.84 Å². The number of benzene rings is 1. The van der Waals surface area contributed by atoms with E-state index >= 15 is 0 Å². The van der Waals surface area contributed by atoms with Gasteiger partial charge in [-0.25, -0.2) is 8.42 Å². The highest BCUT2D eigenvalue weighted by Gasteiger charge is 2.16. The maximum Gasteiger partial charge on any atom is 0.151 e. The molecule has 1 atom stereocenters. The van der Waals surface area contributed by atoms with Gasteiger partial charge in [0.25, 0.3) is 0 Å². The van der Waals surface area contributed by atoms with Crippen LogP contribution in [0, 0.1) is 5.41 Å². The Morgan fingerprint density at radius 1 is 1.10 bits per heavy atom. The van der Waals surface area contributed by atoms with Crippen molar-refractivity contribution in [3.8, 4) is 0 Å². The molecule has 0 amide bonds. The molecule has 0 radical (unpaired) electrons. The van der Waals surface area contributed by atoms with E-state index < -0.39 is 9.84 Å². The molecule has 0 unspecified atom stereocenters. The highest BCUT2D eigenvalue weighted by molar-refractivity contribution is 7.91. The Hall–Kier alpha value is -1.09. The highest BCUT2D eigenvalue weighted by atomic mass is 32.2. The Balaban J connectivity index is 2.44. The molecular weight excluding hydrogens is 280 g/mol. The van der Waals surface area contributed by atoms with Crippen molar-refractivity contribution in [1.29, 1.82) is 0 Å². The number of sulfone groups is 1. The van der Waals surface area contributed by atoms with Crippen LogP contribution in [0.2, 0.25) is 0 Å². The third-order valence-electron chi connectivity index (χ3n) is 3.36. The van der Waals surface area contributed by atoms with Crippen molar-refractivity contribution in [3.63, 3.8) is 0 Å². The molecule has 1 aromatic carbocycles. The van der Waals surface area contributed by atoms with Crippen LogP contribution in [0.1, 0.15) is 52.0 Å². The van der Waals surface area contributed by atoms with E-state index in [0.717, 1.165) is 12.0 Å². The molecule has 0 saturated carbocycles. The second-order valence-electron chi connectivity index (χ2n) is 6.95. The van der Waals surface area contributed by atoms with E-state index in [1.807, 2.05) is 43.3 Å². The molecule has 0 aliphatic heterocycles. The quantitative estimate of drug-likeness (QED) is 0.691. The van der Waals surface area contributed by atoms with Crippen LogP contribution >= 0.6 is 0 Å². The molecule has 0 aliphatic carbocycles. The highest BCUT2D eigenvalue weighted by Crippen LogP contribution is 2.19. The van der Waals surface area contributed by atoms with Crippen LogP contribution in [0.3, 0.4) is 0 Å². The van der Waals surface area contributed by atoms with Crippen molar-refractivity contribution in [2.24, 2.45) is 5.41 Å². The van der Waals surface area contributed by atoms with Crippen LogP contribution < -0.4 is 0 Å². The first-order chi connectivity index (χ1) is 9.70. The smallest absolute Gasteiger partial charge is 0.151 e. The van der Waals surface area contributed by atoms with Crippen molar-refractivity contribution in [1.82, 2.24) is 0 Å². The van der Waals surface area contributed by atoms with Gasteiger partial charge in [0.1, 0.15) is 0 Å². The lowest BCUT2D eigenvalue weighted by Crippen LogP contribution is -2.15. The zero-order valence-corrected chi connectivity index (χ0v) is 14.5. The maximum absolute atomic E-state index is 12.1. The van der Waals surface area contributed by atoms with Gasteiger partial charge in [0, 0.05) is 0 Å². The molecule has 1 aromatic rings. The van der Waals surface area contributed by atoms with Crippen molar-refractivity contribution < 1.29 is 8.42 Å². The van der Waals surface area contributed by atoms with Gasteiger partial charge in [-0.15, -0.1) is 0 Å². The summed E-state index contributed by atoms with van der Waals surface area (Å²) in [5.74, 6) is 0.518. The first kappa shape index (κ1) is 18.0. The molecule has 0 aliphatic rings. The minimum absolute atomic E-state index is 0.0507. The Bertz CT molecular complexity index is 536. The number of hydrogen-bond donors (Lipinski definition) is 0. The van der Waals surface area contributed by atoms with Crippen LogP contribution in [-0.2, 0) is 9.84 Å². The van der Waals surface area contributed by atoms with Crippen molar-refractivity contribution in [2.45, 2.75) is 46.5 Å². The maximum atomic E-state index is 12.1. The fraction of sp³-hybridized carbons (Fsp3) is 0.556. The Morgan fingerprint density at radius 2 is 1.71 bits per heavy atom. The monoisotopic (exact) mass is 308 g/mol. The largest absolute Gasteiger partial charge is 0.229 e. The summed E-state index contributed by atoms with van der Waals surface area (Å²) in [6.45, 7) is 8.50. The Morgan fingerprint density at radius 3 is 2.29 bits per heavy atom. The zero-order chi connectivity index (χ0) is 15.9. The van der Waals surface area contributed by atoms with Crippen LogP contribution in [0.15, 0.2) is 42.5 Å². The van der Waals surface area contributed by atoms with Gasteiger partial charge < -0.3 is 0 Å². The van der Waals surface area contributed by atoms with Gasteiger partial charge in [-0.05, 0) is 29.7 Å². The lowest BCUT2D eigenvalue weighted by molar-refractivity contribution is 0.420. The lowest BCUT2D eigenvalue weighted by atomic mass is 9.92. The van der Waals surface area contributed by atoms with Crippen LogP contribution in [-0.4, -0.2) is 19.9 Å². The Labute approximate surface area is 130 Å². The third-order valence-corrected chi connectivity index (χ3v) is 5.23. The molecule has 0 heterocycles. The SMILES string of the molecule is C[C@@H](CS(=O)(=O)CC/C=C\CC(C)(C)C)c1ccccc1. The molecular formula is C18H28O2S. The molecule has 0 spiro atoms. The average Bonchev–Trinajstić information content (AvgIpc) is 2.37. The lowest BCUT2D eigenvalue weighted by Gasteiger charge is -2.14. The minimum Gasteiger partial charge on any atom is -0.229 e. The first-order valence-electron chi connectivity index (χ1n) is 7.60. The summed E-state index contributed by atoms with van der Waals surface area (Å²) in [5, 5.41) is 0. The van der Waals surface area contributed by atoms with E-state index in [1.54, 1.807) is 0 Å². The van der Waals surface area contributed by atoms with Crippen LogP contribution in [0.4, 0.5) is 0 Å². The van der Waals surface area contributed by atoms with Crippen molar-refractivity contribution in [3.05, 3.63) is 48.0 Å². The number of allylic oxidation sites excluding steroid dienone is 2. The fourth-order valence-electron chi connectivity index (χ4n) is 2.14. The molecule has 2 nitrogen and oxygen atoms in total. The normalized spacial score (nSPS) is 14.5. The number of hydrogen-bond acceptors (Lipinski definition) is 2. The summed E-state index contributed by atoms with van der Waals surface area (Å²) in [7, 11) is -3.00. The van der Waals surface area contributed by atoms with E-state index in [9.17, 15) is 8.42 Å². The molecule has 0 bridgehead atoms. The second kappa shape index (κ2) is 7.79. The van der Waals surface area contributed by atoms with E-state index in [-0.39, 0.29) is 22.8 Å². The van der Waals surface area contributed by atoms with Gasteiger partial charge in [-0.1, -0.05) is 70.2 Å². The third kappa shape index (κ3) is 8.05. The van der Waals surface area contributed by atoms with Gasteiger partial charge in [0.15, 0.2) is 9.84 Å². The van der Waals surface area contributed by atoms with Gasteiger partial charge in [-0.3, -0.25) is 0 Å². The predicted molar refractivity (Wildman–Crippen MR) is 91.3 cm³/mol. The molecule has 1 rings (SSSR count). The minimum atomic E-state index is -3.00. The second-order valence-corrected chi connectivity index (χ2v) is 9.18. The summed E-state index contributed by atoms with van der Waals surface area (Å²) in [5.41, 5.74) is 1.35. The summed E-state index contributed by atoms with van der Waals surface area (Å²) in [6.07, 6.45) is 5.68. The number of rotatable bonds is 7. The van der Waals surface area contributed by atoms with E-state index in [1.165, 1.54) is 0 Å². The molecule has 0 fully saturated rings. The first-order valence-corrected chi connectivity index (χ1v) is 9.42. The molecule has 3 heteroatoms. The molecule has 118 valence electrons. The molecule has 0 N–H and O–H groups in total. The average molecular weight is 308 g/mol. The summed E-state index contributed by atoms with van der Waals surface area (Å²) >= 11 is 0. The van der Waals surface area contributed by atoms with E-state index in [2.05, 4.69) is 26.8 Å². The van der Waals surface area contributed by atoms with E-state index in [4.69, 9.17) is 0 Å². The summed E-state index contributed by atoms with van der Waals surface area (Å²) in [6, 6.07) is 9.83. The molecule has 0 saturated heterocycles. The summed E-state index contributed by atoms with van der Waals surface area (Å²) < 4.78 is 24.3. The predicted octanol–water partition coefficient (Wildman–Crippen LogP) is 4.59. The van der Waals surface area contributed by atoms with Crippen LogP contribution in [0.25, 0.3) is 0 Å². The summed E-state index contributed by atoms with van der Waals surface area (Å²) in [4.78, 5) is 0. The van der Waals surface area contributed by atoms with Gasteiger partial charge >= 0.3 is 0 Å². The van der Waals surface area contributed by atoms with Gasteiger partial charge in [0.2, 0.25) is 0 Å². The zero-order valence-electron chi connectivity index (χ0n) is 13.7. The Kier molecular flexibility index (Phi) is 6.66. The van der Waals surface area contributed by atoms with E-state index in [0.29, 0.717) is 6.42 Å². The molecule has 0 aromatic heterocycles. The van der Waals surface area contributed by atoms with Gasteiger partial charge in [0.05, 0.1) is 11.5 Å². The van der Waals surface area contributed by atoms with Crippen LogP contribution in [0.5, 0.6) is 0 Å². The topological polar surface area (TPSA) is 34.1 Å². The van der Waals surface area contributed by atoms with Gasteiger partial charge in [-0.2, -0.15) is 0 Å².